The molecule has 36 heavy (non-hydrogen) atoms. The Balaban J connectivity index is 1.77. The molecule has 2 aromatic carbocycles. The van der Waals surface area contributed by atoms with Crippen molar-refractivity contribution in [2.75, 3.05) is 13.7 Å². The molecule has 4 unspecified atom stereocenters. The number of ether oxygens (including phenoxy) is 1. The first-order valence-electron chi connectivity index (χ1n) is 11.5. The summed E-state index contributed by atoms with van der Waals surface area (Å²) in [6.07, 6.45) is 0.225. The Labute approximate surface area is 216 Å². The van der Waals surface area contributed by atoms with Gasteiger partial charge < -0.3 is 20.9 Å². The largest absolute Gasteiger partial charge is 0.496 e. The van der Waals surface area contributed by atoms with E-state index in [9.17, 15) is 24.3 Å². The summed E-state index contributed by atoms with van der Waals surface area (Å²) in [5.41, 5.74) is 4.73. The molecule has 5 N–H and O–H groups in total. The fourth-order valence-corrected chi connectivity index (χ4v) is 5.69. The van der Waals surface area contributed by atoms with Crippen LogP contribution in [0.25, 0.3) is 0 Å². The number of carbonyl (C=O) groups is 4. The topological polar surface area (TPSA) is 151 Å². The molecule has 10 nitrogen and oxygen atoms in total. The van der Waals surface area contributed by atoms with Crippen LogP contribution in [0.4, 0.5) is 4.79 Å². The van der Waals surface area contributed by atoms with E-state index in [2.05, 4.69) is 26.6 Å². The first kappa shape index (κ1) is 25.6. The molecule has 0 bridgehead atoms. The highest BCUT2D eigenvalue weighted by Gasteiger charge is 2.68. The average molecular weight is 559 g/mol. The number of hydrogen-bond acceptors (Lipinski definition) is 6. The molecule has 4 atom stereocenters. The first-order chi connectivity index (χ1) is 17.2. The number of rotatable bonds is 9. The minimum absolute atomic E-state index is 0.00516. The number of halogens is 1. The number of benzene rings is 2. The Morgan fingerprint density at radius 3 is 2.56 bits per heavy atom. The summed E-state index contributed by atoms with van der Waals surface area (Å²) in [4.78, 5) is 52.5. The second-order valence-corrected chi connectivity index (χ2v) is 9.85. The first-order valence-corrected chi connectivity index (χ1v) is 12.3. The molecular formula is C25H27BrN4O6. The quantitative estimate of drug-likeness (QED) is 0.272. The maximum atomic E-state index is 13.7. The maximum absolute atomic E-state index is 13.7. The Bertz CT molecular complexity index is 1190. The monoisotopic (exact) mass is 558 g/mol. The second kappa shape index (κ2) is 10.3. The van der Waals surface area contributed by atoms with Gasteiger partial charge in [-0.2, -0.15) is 0 Å². The highest BCUT2D eigenvalue weighted by molar-refractivity contribution is 9.10. The van der Waals surface area contributed by atoms with E-state index in [1.165, 1.54) is 7.11 Å². The Morgan fingerprint density at radius 1 is 1.19 bits per heavy atom. The van der Waals surface area contributed by atoms with E-state index in [1.807, 2.05) is 30.3 Å². The number of amides is 4. The van der Waals surface area contributed by atoms with Crippen molar-refractivity contribution in [3.05, 3.63) is 64.1 Å². The number of urea groups is 1. The summed E-state index contributed by atoms with van der Waals surface area (Å²) >= 11 is 3.44. The summed E-state index contributed by atoms with van der Waals surface area (Å²) in [6, 6.07) is 12.8. The number of carbonyl (C=O) groups excluding carboxylic acids is 3. The maximum Gasteiger partial charge on any atom is 0.324 e. The lowest BCUT2D eigenvalue weighted by molar-refractivity contribution is -0.152. The van der Waals surface area contributed by atoms with Gasteiger partial charge in [-0.3, -0.25) is 24.6 Å². The van der Waals surface area contributed by atoms with Gasteiger partial charge in [0.2, 0.25) is 11.8 Å². The molecule has 2 aromatic rings. The van der Waals surface area contributed by atoms with Gasteiger partial charge in [-0.05, 0) is 36.6 Å². The van der Waals surface area contributed by atoms with Gasteiger partial charge in [0.25, 0.3) is 0 Å². The highest BCUT2D eigenvalue weighted by atomic mass is 79.9. The number of imide groups is 1. The van der Waals surface area contributed by atoms with Crippen molar-refractivity contribution in [3.63, 3.8) is 0 Å². The number of nitrogens with zero attached hydrogens (tertiary/aromatic N) is 1. The summed E-state index contributed by atoms with van der Waals surface area (Å²) in [5.74, 6) is -3.85. The van der Waals surface area contributed by atoms with Crippen LogP contribution in [0.5, 0.6) is 5.75 Å². The fourth-order valence-electron chi connectivity index (χ4n) is 5.31. The standard InChI is InChI=1S/C25H27BrN4O6/c1-36-17-9-8-15(26)12-16(17)20-18-19(25(29-20,23(33)34)10-5-11-28-24(27)35)22(32)30(21(18)31)13-14-6-3-2-4-7-14/h2-4,6-9,12,18-20,29H,5,10-11,13H2,1H3,(H,33,34)(H3,27,28,35). The SMILES string of the molecule is COc1ccc(Br)cc1C1NC(CCCNC(N)=O)(C(=O)O)C2C(=O)N(Cc3ccccc3)C(=O)C12. The van der Waals surface area contributed by atoms with Gasteiger partial charge in [0, 0.05) is 22.6 Å². The van der Waals surface area contributed by atoms with Crippen LogP contribution in [0.1, 0.15) is 30.0 Å². The zero-order chi connectivity index (χ0) is 26.0. The van der Waals surface area contributed by atoms with E-state index in [0.717, 1.165) is 10.5 Å². The molecule has 2 aliphatic rings. The number of methoxy groups -OCH3 is 1. The lowest BCUT2D eigenvalue weighted by atomic mass is 9.77. The molecule has 11 heteroatoms. The molecule has 2 heterocycles. The number of primary amides is 1. The Morgan fingerprint density at radius 2 is 1.92 bits per heavy atom. The molecule has 2 saturated heterocycles. The van der Waals surface area contributed by atoms with Crippen LogP contribution in [-0.2, 0) is 20.9 Å². The molecular weight excluding hydrogens is 532 g/mol. The number of nitrogens with one attached hydrogen (secondary N) is 2. The van der Waals surface area contributed by atoms with Gasteiger partial charge in [0.1, 0.15) is 11.3 Å². The van der Waals surface area contributed by atoms with Crippen molar-refractivity contribution < 1.29 is 29.0 Å². The van der Waals surface area contributed by atoms with E-state index in [1.54, 1.807) is 18.2 Å². The van der Waals surface area contributed by atoms with E-state index in [4.69, 9.17) is 10.5 Å². The predicted octanol–water partition coefficient (Wildman–Crippen LogP) is 2.18. The number of aliphatic carboxylic acids is 1. The van der Waals surface area contributed by atoms with Crippen LogP contribution in [0, 0.1) is 11.8 Å². The summed E-state index contributed by atoms with van der Waals surface area (Å²) < 4.78 is 6.24. The number of likely N-dealkylation sites (tertiary alicyclic amines) is 1. The van der Waals surface area contributed by atoms with Crippen molar-refractivity contribution in [1.29, 1.82) is 0 Å². The van der Waals surface area contributed by atoms with Gasteiger partial charge in [-0.25, -0.2) is 4.79 Å². The van der Waals surface area contributed by atoms with Crippen LogP contribution < -0.4 is 21.1 Å². The van der Waals surface area contributed by atoms with Crippen molar-refractivity contribution in [1.82, 2.24) is 15.5 Å². The van der Waals surface area contributed by atoms with Crippen LogP contribution >= 0.6 is 15.9 Å². The third-order valence-electron chi connectivity index (χ3n) is 6.88. The molecule has 0 aliphatic carbocycles. The summed E-state index contributed by atoms with van der Waals surface area (Å²) in [7, 11) is 1.49. The van der Waals surface area contributed by atoms with Gasteiger partial charge >= 0.3 is 12.0 Å². The van der Waals surface area contributed by atoms with Crippen LogP contribution in [0.2, 0.25) is 0 Å². The van der Waals surface area contributed by atoms with Gasteiger partial charge in [0.05, 0.1) is 25.5 Å². The minimum Gasteiger partial charge on any atom is -0.496 e. The highest BCUT2D eigenvalue weighted by Crippen LogP contribution is 2.52. The second-order valence-electron chi connectivity index (χ2n) is 8.93. The predicted molar refractivity (Wildman–Crippen MR) is 133 cm³/mol. The van der Waals surface area contributed by atoms with Crippen LogP contribution in [0.15, 0.2) is 53.0 Å². The number of fused-ring (bicyclic) bond motifs is 1. The van der Waals surface area contributed by atoms with Crippen LogP contribution in [-0.4, -0.2) is 53.0 Å². The third kappa shape index (κ3) is 4.56. The molecule has 2 fully saturated rings. The molecule has 2 aliphatic heterocycles. The van der Waals surface area contributed by atoms with E-state index < -0.39 is 47.2 Å². The van der Waals surface area contributed by atoms with E-state index in [-0.39, 0.29) is 25.9 Å². The summed E-state index contributed by atoms with van der Waals surface area (Å²) in [5, 5.41) is 16.0. The lowest BCUT2D eigenvalue weighted by Gasteiger charge is -2.31. The van der Waals surface area contributed by atoms with Crippen molar-refractivity contribution in [2.45, 2.75) is 31.0 Å². The van der Waals surface area contributed by atoms with Crippen molar-refractivity contribution >= 4 is 39.7 Å². The Hall–Kier alpha value is -3.44. The number of hydrogen-bond donors (Lipinski definition) is 4. The minimum atomic E-state index is -1.74. The molecule has 4 rings (SSSR count). The fraction of sp³-hybridized carbons (Fsp3) is 0.360. The summed E-state index contributed by atoms with van der Waals surface area (Å²) in [6.45, 7) is 0.178. The van der Waals surface area contributed by atoms with Crippen molar-refractivity contribution in [2.24, 2.45) is 17.6 Å². The molecule has 190 valence electrons. The van der Waals surface area contributed by atoms with Crippen LogP contribution in [0.3, 0.4) is 0 Å². The zero-order valence-corrected chi connectivity index (χ0v) is 21.2. The Kier molecular flexibility index (Phi) is 7.32. The van der Waals surface area contributed by atoms with E-state index >= 15 is 0 Å². The number of carboxylic acid groups (broad SMARTS) is 1. The number of carboxylic acids is 1. The normalized spacial score (nSPS) is 25.1. The third-order valence-corrected chi connectivity index (χ3v) is 7.38. The lowest BCUT2D eigenvalue weighted by Crippen LogP contribution is -2.56. The number of nitrogens with two attached hydrogens (primary N) is 1. The molecule has 0 aromatic heterocycles. The average Bonchev–Trinajstić information content (AvgIpc) is 3.32. The molecule has 0 spiro atoms. The van der Waals surface area contributed by atoms with Gasteiger partial charge in [-0.15, -0.1) is 0 Å². The zero-order valence-electron chi connectivity index (χ0n) is 19.6. The van der Waals surface area contributed by atoms with Gasteiger partial charge in [-0.1, -0.05) is 46.3 Å². The molecule has 0 saturated carbocycles. The van der Waals surface area contributed by atoms with E-state index in [0.29, 0.717) is 15.8 Å². The smallest absolute Gasteiger partial charge is 0.324 e. The van der Waals surface area contributed by atoms with Gasteiger partial charge in [0.15, 0.2) is 0 Å². The molecule has 4 amide bonds. The van der Waals surface area contributed by atoms with Crippen molar-refractivity contribution in [3.8, 4) is 5.75 Å². The molecule has 0 radical (unpaired) electrons.